The summed E-state index contributed by atoms with van der Waals surface area (Å²) in [7, 11) is 0. The average molecular weight is 482 g/mol. The zero-order valence-corrected chi connectivity index (χ0v) is 17.1. The second kappa shape index (κ2) is 8.97. The van der Waals surface area contributed by atoms with Crippen LogP contribution < -0.4 is 11.1 Å². The summed E-state index contributed by atoms with van der Waals surface area (Å²) < 4.78 is 92.2. The lowest BCUT2D eigenvalue weighted by Crippen LogP contribution is -2.06. The molecule has 0 bridgehead atoms. The highest BCUT2D eigenvalue weighted by Gasteiger charge is 2.34. The normalized spacial score (nSPS) is 12.1. The number of hydrogen-bond acceptors (Lipinski definition) is 6. The van der Waals surface area contributed by atoms with Crippen LogP contribution >= 0.6 is 0 Å². The first-order valence-electron chi connectivity index (χ1n) is 9.24. The summed E-state index contributed by atoms with van der Waals surface area (Å²) in [6.45, 7) is 1.36. The van der Waals surface area contributed by atoms with Crippen LogP contribution in [0.25, 0.3) is 0 Å². The van der Waals surface area contributed by atoms with E-state index in [0.717, 1.165) is 30.3 Å². The fraction of sp³-hybridized carbons (Fsp3) is 0.143. The molecule has 3 rings (SSSR count). The minimum absolute atomic E-state index is 0.0592. The van der Waals surface area contributed by atoms with Crippen molar-refractivity contribution in [3.05, 3.63) is 70.5 Å². The summed E-state index contributed by atoms with van der Waals surface area (Å²) >= 11 is 0. The molecule has 3 N–H and O–H groups in total. The van der Waals surface area contributed by atoms with Gasteiger partial charge in [-0.25, -0.2) is 9.37 Å². The summed E-state index contributed by atoms with van der Waals surface area (Å²) in [4.78, 5) is 3.92. The first-order chi connectivity index (χ1) is 15.8. The number of anilines is 3. The van der Waals surface area contributed by atoms with E-state index in [1.165, 1.54) is 13.0 Å². The molecular weight excluding hydrogens is 469 g/mol. The van der Waals surface area contributed by atoms with E-state index in [-0.39, 0.29) is 40.2 Å². The fourth-order valence-corrected chi connectivity index (χ4v) is 2.90. The van der Waals surface area contributed by atoms with Crippen LogP contribution in [0.4, 0.5) is 59.4 Å². The Morgan fingerprint density at radius 3 is 2.32 bits per heavy atom. The minimum Gasteiger partial charge on any atom is -0.383 e. The predicted molar refractivity (Wildman–Crippen MR) is 108 cm³/mol. The van der Waals surface area contributed by atoms with Gasteiger partial charge >= 0.3 is 12.4 Å². The highest BCUT2D eigenvalue weighted by Crippen LogP contribution is 2.40. The van der Waals surface area contributed by atoms with Crippen LogP contribution in [0.2, 0.25) is 0 Å². The molecule has 0 saturated heterocycles. The molecular formula is C21H13F7N6. The SMILES string of the molecule is Cc1c(C#N)c(N)nc(Nc2cccc(C(F)(F)F)c2)c1/N=N/c1ccc(F)cc1C(F)(F)F. The van der Waals surface area contributed by atoms with Gasteiger partial charge in [0.1, 0.15) is 23.4 Å². The van der Waals surface area contributed by atoms with Gasteiger partial charge < -0.3 is 11.1 Å². The number of nitrogens with one attached hydrogen (secondary N) is 1. The maximum atomic E-state index is 13.3. The van der Waals surface area contributed by atoms with Gasteiger partial charge in [-0.15, -0.1) is 10.2 Å². The maximum Gasteiger partial charge on any atom is 0.418 e. The highest BCUT2D eigenvalue weighted by molar-refractivity contribution is 5.77. The molecule has 0 fully saturated rings. The van der Waals surface area contributed by atoms with Gasteiger partial charge in [-0.3, -0.25) is 0 Å². The number of hydrogen-bond donors (Lipinski definition) is 2. The van der Waals surface area contributed by atoms with Crippen molar-refractivity contribution in [1.29, 1.82) is 5.26 Å². The number of halogens is 7. The maximum absolute atomic E-state index is 13.3. The summed E-state index contributed by atoms with van der Waals surface area (Å²) in [5, 5.41) is 19.2. The highest BCUT2D eigenvalue weighted by atomic mass is 19.4. The van der Waals surface area contributed by atoms with Crippen LogP contribution in [0.5, 0.6) is 0 Å². The van der Waals surface area contributed by atoms with Crippen molar-refractivity contribution in [3.8, 4) is 6.07 Å². The third kappa shape index (κ3) is 5.22. The molecule has 0 unspecified atom stereocenters. The Hall–Kier alpha value is -4.21. The van der Waals surface area contributed by atoms with Crippen molar-refractivity contribution < 1.29 is 30.7 Å². The molecule has 34 heavy (non-hydrogen) atoms. The molecule has 0 atom stereocenters. The number of benzene rings is 2. The number of aromatic nitrogens is 1. The van der Waals surface area contributed by atoms with Crippen molar-refractivity contribution in [2.45, 2.75) is 19.3 Å². The fourth-order valence-electron chi connectivity index (χ4n) is 2.90. The lowest BCUT2D eigenvalue weighted by Gasteiger charge is -2.14. The first kappa shape index (κ1) is 24.4. The molecule has 3 aromatic rings. The van der Waals surface area contributed by atoms with Crippen LogP contribution in [0.3, 0.4) is 0 Å². The number of pyridine rings is 1. The number of azo groups is 1. The topological polar surface area (TPSA) is 99.5 Å². The molecule has 176 valence electrons. The van der Waals surface area contributed by atoms with E-state index in [9.17, 15) is 36.0 Å². The molecule has 2 aromatic carbocycles. The van der Waals surface area contributed by atoms with Gasteiger partial charge in [0.15, 0.2) is 5.82 Å². The van der Waals surface area contributed by atoms with Crippen molar-refractivity contribution in [2.24, 2.45) is 10.2 Å². The Kier molecular flexibility index (Phi) is 6.45. The molecule has 0 amide bonds. The molecule has 0 saturated carbocycles. The van der Waals surface area contributed by atoms with E-state index in [4.69, 9.17) is 5.73 Å². The average Bonchev–Trinajstić information content (AvgIpc) is 2.73. The van der Waals surface area contributed by atoms with E-state index in [1.54, 1.807) is 6.07 Å². The van der Waals surface area contributed by atoms with Gasteiger partial charge in [0, 0.05) is 11.3 Å². The third-order valence-corrected chi connectivity index (χ3v) is 4.53. The van der Waals surface area contributed by atoms with E-state index in [0.29, 0.717) is 0 Å². The van der Waals surface area contributed by atoms with Crippen LogP contribution in [0.1, 0.15) is 22.3 Å². The van der Waals surface area contributed by atoms with Gasteiger partial charge in [-0.2, -0.15) is 31.6 Å². The molecule has 13 heteroatoms. The predicted octanol–water partition coefficient (Wildman–Crippen LogP) is 7.18. The van der Waals surface area contributed by atoms with Gasteiger partial charge in [0.2, 0.25) is 0 Å². The third-order valence-electron chi connectivity index (χ3n) is 4.53. The Labute approximate surface area is 187 Å². The Balaban J connectivity index is 2.13. The molecule has 6 nitrogen and oxygen atoms in total. The Morgan fingerprint density at radius 2 is 1.71 bits per heavy atom. The number of nitrogens with zero attached hydrogens (tertiary/aromatic N) is 4. The second-order valence-corrected chi connectivity index (χ2v) is 6.87. The van der Waals surface area contributed by atoms with Gasteiger partial charge in [0.05, 0.1) is 22.4 Å². The standard InChI is InChI=1S/C21H13F7N6/c1-10-14(9-29)18(30)32-19(31-13-4-2-3-11(7-13)20(23,24)25)17(10)34-33-16-6-5-12(22)8-15(16)21(26,27)28/h2-8H,1H3,(H3,30,31,32)/b34-33+. The number of nitriles is 1. The Morgan fingerprint density at radius 1 is 1.00 bits per heavy atom. The van der Waals surface area contributed by atoms with Crippen molar-refractivity contribution in [1.82, 2.24) is 4.98 Å². The van der Waals surface area contributed by atoms with E-state index in [2.05, 4.69) is 20.5 Å². The van der Waals surface area contributed by atoms with Gasteiger partial charge in [-0.05, 0) is 43.3 Å². The van der Waals surface area contributed by atoms with E-state index >= 15 is 0 Å². The molecule has 1 heterocycles. The lowest BCUT2D eigenvalue weighted by atomic mass is 10.1. The van der Waals surface area contributed by atoms with E-state index in [1.807, 2.05) is 0 Å². The molecule has 0 spiro atoms. The zero-order valence-electron chi connectivity index (χ0n) is 17.1. The molecule has 0 radical (unpaired) electrons. The summed E-state index contributed by atoms with van der Waals surface area (Å²) in [6.07, 6.45) is -9.58. The van der Waals surface area contributed by atoms with Crippen molar-refractivity contribution >= 4 is 28.7 Å². The molecule has 0 aliphatic carbocycles. The van der Waals surface area contributed by atoms with Gasteiger partial charge in [-0.1, -0.05) is 6.07 Å². The quantitative estimate of drug-likeness (QED) is 0.304. The molecule has 1 aromatic heterocycles. The smallest absolute Gasteiger partial charge is 0.383 e. The number of nitrogen functional groups attached to an aromatic ring is 1. The van der Waals surface area contributed by atoms with Crippen molar-refractivity contribution in [3.63, 3.8) is 0 Å². The van der Waals surface area contributed by atoms with Crippen molar-refractivity contribution in [2.75, 3.05) is 11.1 Å². The lowest BCUT2D eigenvalue weighted by molar-refractivity contribution is -0.138. The summed E-state index contributed by atoms with van der Waals surface area (Å²) in [5.41, 5.74) is 2.22. The second-order valence-electron chi connectivity index (χ2n) is 6.87. The molecule has 0 aliphatic heterocycles. The summed E-state index contributed by atoms with van der Waals surface area (Å²) in [6, 6.07) is 7.53. The Bertz CT molecular complexity index is 1310. The largest absolute Gasteiger partial charge is 0.418 e. The van der Waals surface area contributed by atoms with Crippen LogP contribution in [-0.2, 0) is 12.4 Å². The monoisotopic (exact) mass is 482 g/mol. The minimum atomic E-state index is -4.94. The summed E-state index contributed by atoms with van der Waals surface area (Å²) in [5.74, 6) is -1.69. The van der Waals surface area contributed by atoms with Crippen LogP contribution in [0.15, 0.2) is 52.7 Å². The number of nitrogens with two attached hydrogens (primary N) is 1. The van der Waals surface area contributed by atoms with E-state index < -0.39 is 35.0 Å². The molecule has 0 aliphatic rings. The van der Waals surface area contributed by atoms with Crippen LogP contribution in [0, 0.1) is 24.1 Å². The van der Waals surface area contributed by atoms with Gasteiger partial charge in [0.25, 0.3) is 0 Å². The number of alkyl halides is 6. The van der Waals surface area contributed by atoms with Crippen LogP contribution in [-0.4, -0.2) is 4.98 Å². The zero-order chi connectivity index (χ0) is 25.3. The number of rotatable bonds is 4. The first-order valence-corrected chi connectivity index (χ1v) is 9.24.